The van der Waals surface area contributed by atoms with Gasteiger partial charge in [0, 0.05) is 30.5 Å². The second-order valence-electron chi connectivity index (χ2n) is 11.0. The summed E-state index contributed by atoms with van der Waals surface area (Å²) in [6.45, 7) is 6.56. The minimum Gasteiger partial charge on any atom is -0.462 e. The lowest BCUT2D eigenvalue weighted by atomic mass is 9.92. The molecule has 13 nitrogen and oxygen atoms in total. The molecule has 1 spiro atoms. The number of carbonyl (C=O) groups is 2. The summed E-state index contributed by atoms with van der Waals surface area (Å²) in [5.74, 6) is -0.415. The molecule has 2 fully saturated rings. The monoisotopic (exact) mass is 657 g/mol. The molecule has 1 saturated carbocycles. The molecule has 1 aliphatic heterocycles. The molecular formula is C28H37FN3O10PS. The van der Waals surface area contributed by atoms with Crippen molar-refractivity contribution in [3.05, 3.63) is 57.4 Å². The van der Waals surface area contributed by atoms with Gasteiger partial charge in [-0.25, -0.2) is 18.8 Å². The average Bonchev–Trinajstić information content (AvgIpc) is 3.63. The predicted octanol–water partition coefficient (Wildman–Crippen LogP) is 3.53. The first-order valence-electron chi connectivity index (χ1n) is 14.2. The highest BCUT2D eigenvalue weighted by molar-refractivity contribution is 7.99. The summed E-state index contributed by atoms with van der Waals surface area (Å²) in [4.78, 5) is 51.3. The standard InChI is InChI=1S/C28H37FN3O10PS/c1-6-13-44-20-9-7-19(8-10-20)42-43(37,30-15-24(35)39-17(2)3)38-16-21-25(40-18(4)33)27(5,29)28(41-21)14-22(28)32-12-11-23(34)31-26(32)36/h7-12,17,21-22,25H,6,13-16H2,1-5H3,(H,30,37)(H,31,34,36)/t21-,22?,25-,27-,28?,43?/m1/s1. The molecule has 3 unspecified atom stereocenters. The van der Waals surface area contributed by atoms with Gasteiger partial charge < -0.3 is 18.7 Å². The average molecular weight is 658 g/mol. The molecular weight excluding hydrogens is 620 g/mol. The number of rotatable bonds is 14. The summed E-state index contributed by atoms with van der Waals surface area (Å²) >= 11 is 1.64. The Balaban J connectivity index is 1.56. The molecule has 2 aliphatic rings. The van der Waals surface area contributed by atoms with Crippen LogP contribution in [0.1, 0.15) is 53.5 Å². The zero-order valence-electron chi connectivity index (χ0n) is 25.1. The minimum absolute atomic E-state index is 0.0239. The number of carbonyl (C=O) groups excluding carboxylic acids is 2. The van der Waals surface area contributed by atoms with Crippen LogP contribution in [0.15, 0.2) is 51.0 Å². The van der Waals surface area contributed by atoms with E-state index in [9.17, 15) is 23.7 Å². The summed E-state index contributed by atoms with van der Waals surface area (Å²) < 4.78 is 59.5. The smallest absolute Gasteiger partial charge is 0.459 e. The molecule has 1 saturated heterocycles. The molecule has 242 valence electrons. The number of benzene rings is 1. The lowest BCUT2D eigenvalue weighted by Crippen LogP contribution is -2.47. The Morgan fingerprint density at radius 1 is 1.25 bits per heavy atom. The Bertz CT molecular complexity index is 1510. The molecule has 0 radical (unpaired) electrons. The van der Waals surface area contributed by atoms with Crippen LogP contribution in [0.25, 0.3) is 0 Å². The molecule has 1 aromatic heterocycles. The number of ether oxygens (including phenoxy) is 3. The van der Waals surface area contributed by atoms with Gasteiger partial charge >= 0.3 is 25.4 Å². The van der Waals surface area contributed by atoms with Crippen molar-refractivity contribution in [3.8, 4) is 5.75 Å². The summed E-state index contributed by atoms with van der Waals surface area (Å²) in [6.07, 6.45) is -0.977. The largest absolute Gasteiger partial charge is 0.462 e. The normalized spacial score (nSPS) is 27.2. The van der Waals surface area contributed by atoms with Crippen LogP contribution in [0, 0.1) is 0 Å². The van der Waals surface area contributed by atoms with Gasteiger partial charge in [0.05, 0.1) is 18.8 Å². The lowest BCUT2D eigenvalue weighted by molar-refractivity contribution is -0.155. The van der Waals surface area contributed by atoms with Crippen molar-refractivity contribution in [2.45, 2.75) is 88.0 Å². The number of hydrogen-bond donors (Lipinski definition) is 2. The first-order chi connectivity index (χ1) is 20.7. The Kier molecular flexibility index (Phi) is 10.5. The number of thioether (sulfide) groups is 1. The van der Waals surface area contributed by atoms with Crippen molar-refractivity contribution in [1.82, 2.24) is 14.6 Å². The fourth-order valence-corrected chi connectivity index (χ4v) is 7.14. The van der Waals surface area contributed by atoms with E-state index < -0.39 is 79.7 Å². The fraction of sp³-hybridized carbons (Fsp3) is 0.571. The molecule has 0 amide bonds. The highest BCUT2D eigenvalue weighted by Gasteiger charge is 2.78. The summed E-state index contributed by atoms with van der Waals surface area (Å²) in [5.41, 5.74) is -5.31. The predicted molar refractivity (Wildman–Crippen MR) is 159 cm³/mol. The number of esters is 2. The lowest BCUT2D eigenvalue weighted by Gasteiger charge is -2.28. The summed E-state index contributed by atoms with van der Waals surface area (Å²) in [5, 5.41) is 2.48. The molecule has 2 heterocycles. The minimum atomic E-state index is -4.33. The topological polar surface area (TPSA) is 164 Å². The van der Waals surface area contributed by atoms with Gasteiger partial charge in [-0.1, -0.05) is 6.92 Å². The first kappa shape index (κ1) is 33.9. The van der Waals surface area contributed by atoms with Crippen molar-refractivity contribution in [2.24, 2.45) is 0 Å². The van der Waals surface area contributed by atoms with E-state index in [4.69, 9.17) is 23.3 Å². The van der Waals surface area contributed by atoms with E-state index in [1.807, 2.05) is 0 Å². The van der Waals surface area contributed by atoms with Crippen LogP contribution in [0.2, 0.25) is 0 Å². The van der Waals surface area contributed by atoms with E-state index in [-0.39, 0.29) is 12.2 Å². The van der Waals surface area contributed by atoms with Gasteiger partial charge in [-0.2, -0.15) is 0 Å². The zero-order chi connectivity index (χ0) is 32.3. The molecule has 2 aromatic rings. The number of halogens is 1. The van der Waals surface area contributed by atoms with E-state index in [2.05, 4.69) is 17.0 Å². The Morgan fingerprint density at radius 3 is 2.57 bits per heavy atom. The van der Waals surface area contributed by atoms with Gasteiger partial charge in [0.25, 0.3) is 5.56 Å². The van der Waals surface area contributed by atoms with Crippen LogP contribution >= 0.6 is 19.5 Å². The van der Waals surface area contributed by atoms with Gasteiger partial charge in [0.15, 0.2) is 11.8 Å². The molecule has 44 heavy (non-hydrogen) atoms. The molecule has 1 aromatic carbocycles. The Hall–Kier alpha value is -2.97. The van der Waals surface area contributed by atoms with Crippen LogP contribution in [0.5, 0.6) is 5.75 Å². The van der Waals surface area contributed by atoms with Crippen LogP contribution in [0.3, 0.4) is 0 Å². The second kappa shape index (κ2) is 13.6. The fourth-order valence-electron chi connectivity index (χ4n) is 5.10. The molecule has 2 N–H and O–H groups in total. The van der Waals surface area contributed by atoms with Gasteiger partial charge in [0.1, 0.15) is 24.0 Å². The van der Waals surface area contributed by atoms with E-state index in [1.165, 1.54) is 13.1 Å². The molecule has 4 rings (SSSR count). The SMILES string of the molecule is CCCSc1ccc(OP(=O)(NCC(=O)OC(C)C)OC[C@H]2OC3(CC3n3ccc(=O)[nH]c3=O)[C@](C)(F)[C@@H]2OC(C)=O)cc1. The van der Waals surface area contributed by atoms with Crippen LogP contribution in [0.4, 0.5) is 4.39 Å². The Morgan fingerprint density at radius 2 is 1.95 bits per heavy atom. The first-order valence-corrected chi connectivity index (χ1v) is 16.7. The second-order valence-corrected chi connectivity index (χ2v) is 13.9. The zero-order valence-corrected chi connectivity index (χ0v) is 26.8. The summed E-state index contributed by atoms with van der Waals surface area (Å²) in [7, 11) is -4.33. The van der Waals surface area contributed by atoms with Gasteiger partial charge in [0.2, 0.25) is 0 Å². The highest BCUT2D eigenvalue weighted by atomic mass is 32.2. The highest BCUT2D eigenvalue weighted by Crippen LogP contribution is 2.64. The third-order valence-corrected chi connectivity index (χ3v) is 9.83. The number of alkyl halides is 1. The van der Waals surface area contributed by atoms with Crippen LogP contribution in [-0.4, -0.2) is 70.0 Å². The van der Waals surface area contributed by atoms with Crippen molar-refractivity contribution >= 4 is 31.4 Å². The molecule has 1 aliphatic carbocycles. The third kappa shape index (κ3) is 7.63. The number of nitrogens with one attached hydrogen (secondary N) is 2. The maximum atomic E-state index is 16.5. The third-order valence-electron chi connectivity index (χ3n) is 7.13. The van der Waals surface area contributed by atoms with Gasteiger partial charge in [-0.15, -0.1) is 11.8 Å². The van der Waals surface area contributed by atoms with Crippen LogP contribution in [-0.2, 0) is 32.9 Å². The van der Waals surface area contributed by atoms with Crippen LogP contribution < -0.4 is 20.9 Å². The number of nitrogens with zero attached hydrogens (tertiary/aromatic N) is 1. The molecule has 6 atom stereocenters. The quantitative estimate of drug-likeness (QED) is 0.173. The maximum absolute atomic E-state index is 16.5. The van der Waals surface area contributed by atoms with Crippen molar-refractivity contribution in [2.75, 3.05) is 18.9 Å². The molecule has 0 bridgehead atoms. The van der Waals surface area contributed by atoms with E-state index in [1.54, 1.807) is 49.9 Å². The van der Waals surface area contributed by atoms with Crippen molar-refractivity contribution < 1.29 is 41.8 Å². The number of aromatic nitrogens is 2. The van der Waals surface area contributed by atoms with E-state index in [0.717, 1.165) is 34.6 Å². The van der Waals surface area contributed by atoms with Gasteiger partial charge in [-0.05, 0) is 57.2 Å². The molecule has 16 heteroatoms. The Labute approximate surface area is 257 Å². The van der Waals surface area contributed by atoms with Crippen molar-refractivity contribution in [1.29, 1.82) is 0 Å². The maximum Gasteiger partial charge on any atom is 0.459 e. The van der Waals surface area contributed by atoms with E-state index >= 15 is 4.39 Å². The van der Waals surface area contributed by atoms with Gasteiger partial charge in [-0.3, -0.25) is 28.5 Å². The number of H-pyrrole nitrogens is 1. The number of aromatic amines is 1. The van der Waals surface area contributed by atoms with E-state index in [0.29, 0.717) is 0 Å². The summed E-state index contributed by atoms with van der Waals surface area (Å²) in [6, 6.07) is 7.06. The van der Waals surface area contributed by atoms with Crippen molar-refractivity contribution in [3.63, 3.8) is 0 Å². The number of hydrogen-bond acceptors (Lipinski definition) is 11.